The van der Waals surface area contributed by atoms with E-state index in [1.165, 1.54) is 18.2 Å². The minimum atomic E-state index is -0.449. The molecule has 1 aromatic carbocycles. The van der Waals surface area contributed by atoms with Crippen molar-refractivity contribution in [3.8, 4) is 0 Å². The SMILES string of the molecule is CC(C)Nc1nc(Nc2cc(Cl)ccc2[N+](=O)[O-])cc(C2CC2)n1. The van der Waals surface area contributed by atoms with Gasteiger partial charge in [0.1, 0.15) is 11.5 Å². The molecule has 2 aromatic rings. The zero-order chi connectivity index (χ0) is 17.3. The van der Waals surface area contributed by atoms with Gasteiger partial charge in [-0.3, -0.25) is 10.1 Å². The van der Waals surface area contributed by atoms with Crippen LogP contribution in [0.3, 0.4) is 0 Å². The molecular formula is C16H18ClN5O2. The largest absolute Gasteiger partial charge is 0.352 e. The predicted molar refractivity (Wildman–Crippen MR) is 94.2 cm³/mol. The van der Waals surface area contributed by atoms with E-state index >= 15 is 0 Å². The number of benzene rings is 1. The molecule has 7 nitrogen and oxygen atoms in total. The topological polar surface area (TPSA) is 93.0 Å². The van der Waals surface area contributed by atoms with E-state index in [4.69, 9.17) is 11.6 Å². The van der Waals surface area contributed by atoms with Crippen LogP contribution in [0.25, 0.3) is 0 Å². The van der Waals surface area contributed by atoms with Gasteiger partial charge in [-0.2, -0.15) is 4.98 Å². The molecule has 24 heavy (non-hydrogen) atoms. The van der Waals surface area contributed by atoms with Crippen LogP contribution in [0.1, 0.15) is 38.3 Å². The number of rotatable bonds is 6. The van der Waals surface area contributed by atoms with Crippen LogP contribution in [0.4, 0.5) is 23.1 Å². The summed E-state index contributed by atoms with van der Waals surface area (Å²) in [6.45, 7) is 4.00. The number of hydrogen-bond acceptors (Lipinski definition) is 6. The van der Waals surface area contributed by atoms with E-state index in [9.17, 15) is 10.1 Å². The second kappa shape index (κ2) is 6.60. The van der Waals surface area contributed by atoms with Crippen LogP contribution in [-0.2, 0) is 0 Å². The van der Waals surface area contributed by atoms with Crippen LogP contribution < -0.4 is 10.6 Å². The van der Waals surface area contributed by atoms with Crippen molar-refractivity contribution < 1.29 is 4.92 Å². The number of nitro benzene ring substituents is 1. The molecule has 1 aliphatic carbocycles. The molecule has 0 unspecified atom stereocenters. The van der Waals surface area contributed by atoms with E-state index in [2.05, 4.69) is 20.6 Å². The molecule has 1 heterocycles. The first-order valence-corrected chi connectivity index (χ1v) is 8.16. The van der Waals surface area contributed by atoms with Crippen LogP contribution in [0.2, 0.25) is 5.02 Å². The van der Waals surface area contributed by atoms with Crippen LogP contribution in [0.15, 0.2) is 24.3 Å². The Morgan fingerprint density at radius 1 is 1.29 bits per heavy atom. The molecule has 8 heteroatoms. The number of nitro groups is 1. The van der Waals surface area contributed by atoms with Crippen molar-refractivity contribution in [1.29, 1.82) is 0 Å². The highest BCUT2D eigenvalue weighted by atomic mass is 35.5. The fourth-order valence-corrected chi connectivity index (χ4v) is 2.52. The maximum Gasteiger partial charge on any atom is 0.292 e. The van der Waals surface area contributed by atoms with Gasteiger partial charge < -0.3 is 10.6 Å². The van der Waals surface area contributed by atoms with Crippen molar-refractivity contribution in [1.82, 2.24) is 9.97 Å². The molecule has 0 amide bonds. The number of aromatic nitrogens is 2. The molecule has 0 spiro atoms. The minimum absolute atomic E-state index is 0.0515. The first-order chi connectivity index (χ1) is 11.4. The average molecular weight is 348 g/mol. The fourth-order valence-electron chi connectivity index (χ4n) is 2.35. The predicted octanol–water partition coefficient (Wildman–Crippen LogP) is 4.48. The van der Waals surface area contributed by atoms with E-state index in [-0.39, 0.29) is 11.7 Å². The Labute approximate surface area is 144 Å². The quantitative estimate of drug-likeness (QED) is 0.591. The number of anilines is 3. The van der Waals surface area contributed by atoms with Gasteiger partial charge >= 0.3 is 0 Å². The molecule has 1 fully saturated rings. The van der Waals surface area contributed by atoms with Crippen LogP contribution >= 0.6 is 11.6 Å². The molecule has 2 N–H and O–H groups in total. The monoisotopic (exact) mass is 347 g/mol. The van der Waals surface area contributed by atoms with Gasteiger partial charge in [0.2, 0.25) is 5.95 Å². The molecule has 3 rings (SSSR count). The molecule has 1 saturated carbocycles. The highest BCUT2D eigenvalue weighted by molar-refractivity contribution is 6.31. The Morgan fingerprint density at radius 3 is 2.67 bits per heavy atom. The summed E-state index contributed by atoms with van der Waals surface area (Å²) in [5.74, 6) is 1.47. The van der Waals surface area contributed by atoms with E-state index in [0.717, 1.165) is 18.5 Å². The highest BCUT2D eigenvalue weighted by Crippen LogP contribution is 2.40. The number of hydrogen-bond donors (Lipinski definition) is 2. The van der Waals surface area contributed by atoms with Gasteiger partial charge in [-0.25, -0.2) is 4.98 Å². The van der Waals surface area contributed by atoms with Crippen LogP contribution in [0.5, 0.6) is 0 Å². The second-order valence-corrected chi connectivity index (χ2v) is 6.55. The third-order valence-electron chi connectivity index (χ3n) is 3.58. The lowest BCUT2D eigenvalue weighted by Crippen LogP contribution is -2.14. The third-order valence-corrected chi connectivity index (χ3v) is 3.81. The Morgan fingerprint density at radius 2 is 2.04 bits per heavy atom. The van der Waals surface area contributed by atoms with Gasteiger partial charge in [-0.15, -0.1) is 0 Å². The Bertz CT molecular complexity index is 777. The maximum absolute atomic E-state index is 11.2. The summed E-state index contributed by atoms with van der Waals surface area (Å²) in [7, 11) is 0. The molecular weight excluding hydrogens is 330 g/mol. The van der Waals surface area contributed by atoms with Gasteiger partial charge in [0.25, 0.3) is 5.69 Å². The Hall–Kier alpha value is -2.41. The first-order valence-electron chi connectivity index (χ1n) is 7.79. The maximum atomic E-state index is 11.2. The van der Waals surface area contributed by atoms with Gasteiger partial charge in [0.05, 0.1) is 10.6 Å². The Balaban J connectivity index is 1.96. The fraction of sp³-hybridized carbons (Fsp3) is 0.375. The third kappa shape index (κ3) is 3.91. The molecule has 1 aliphatic rings. The first kappa shape index (κ1) is 16.4. The lowest BCUT2D eigenvalue weighted by Gasteiger charge is -2.13. The number of halogens is 1. The summed E-state index contributed by atoms with van der Waals surface area (Å²) in [6.07, 6.45) is 2.21. The average Bonchev–Trinajstić information content (AvgIpc) is 3.30. The molecule has 0 bridgehead atoms. The molecule has 126 valence electrons. The summed E-state index contributed by atoms with van der Waals surface area (Å²) < 4.78 is 0. The zero-order valence-corrected chi connectivity index (χ0v) is 14.2. The lowest BCUT2D eigenvalue weighted by atomic mass is 10.2. The van der Waals surface area contributed by atoms with Crippen molar-refractivity contribution in [2.75, 3.05) is 10.6 Å². The van der Waals surface area contributed by atoms with Gasteiger partial charge in [0.15, 0.2) is 0 Å². The summed E-state index contributed by atoms with van der Waals surface area (Å²) >= 11 is 5.97. The number of nitrogens with one attached hydrogen (secondary N) is 2. The van der Waals surface area contributed by atoms with Crippen molar-refractivity contribution >= 4 is 34.7 Å². The van der Waals surface area contributed by atoms with E-state index < -0.39 is 4.92 Å². The summed E-state index contributed by atoms with van der Waals surface area (Å²) in [6, 6.07) is 6.42. The van der Waals surface area contributed by atoms with Crippen molar-refractivity contribution in [3.05, 3.63) is 45.1 Å². The molecule has 0 aliphatic heterocycles. The van der Waals surface area contributed by atoms with E-state index in [1.54, 1.807) is 0 Å². The van der Waals surface area contributed by atoms with E-state index in [0.29, 0.717) is 28.4 Å². The van der Waals surface area contributed by atoms with Crippen molar-refractivity contribution in [2.45, 2.75) is 38.6 Å². The van der Waals surface area contributed by atoms with Crippen LogP contribution in [0, 0.1) is 10.1 Å². The standard InChI is InChI=1S/C16H18ClN5O2/c1-9(2)18-16-20-12(10-3-4-10)8-15(21-16)19-13-7-11(17)5-6-14(13)22(23)24/h5-10H,3-4H2,1-2H3,(H2,18,19,20,21). The lowest BCUT2D eigenvalue weighted by molar-refractivity contribution is -0.383. The molecule has 0 radical (unpaired) electrons. The van der Waals surface area contributed by atoms with Crippen molar-refractivity contribution in [2.24, 2.45) is 0 Å². The summed E-state index contributed by atoms with van der Waals surface area (Å²) in [5.41, 5.74) is 1.20. The highest BCUT2D eigenvalue weighted by Gasteiger charge is 2.26. The van der Waals surface area contributed by atoms with Gasteiger partial charge in [-0.1, -0.05) is 11.6 Å². The second-order valence-electron chi connectivity index (χ2n) is 6.12. The van der Waals surface area contributed by atoms with E-state index in [1.807, 2.05) is 19.9 Å². The zero-order valence-electron chi connectivity index (χ0n) is 13.4. The minimum Gasteiger partial charge on any atom is -0.352 e. The molecule has 0 saturated heterocycles. The smallest absolute Gasteiger partial charge is 0.292 e. The summed E-state index contributed by atoms with van der Waals surface area (Å²) in [4.78, 5) is 19.7. The summed E-state index contributed by atoms with van der Waals surface area (Å²) in [5, 5.41) is 17.8. The number of nitrogens with zero attached hydrogens (tertiary/aromatic N) is 3. The van der Waals surface area contributed by atoms with Crippen molar-refractivity contribution in [3.63, 3.8) is 0 Å². The Kier molecular flexibility index (Phi) is 4.53. The molecule has 0 atom stereocenters. The van der Waals surface area contributed by atoms with Gasteiger partial charge in [0, 0.05) is 29.1 Å². The van der Waals surface area contributed by atoms with Gasteiger partial charge in [-0.05, 0) is 38.8 Å². The normalized spacial score (nSPS) is 13.8. The van der Waals surface area contributed by atoms with Crippen LogP contribution in [-0.4, -0.2) is 20.9 Å². The molecule has 1 aromatic heterocycles.